The Labute approximate surface area is 146 Å². The van der Waals surface area contributed by atoms with Crippen LogP contribution in [0.25, 0.3) is 10.9 Å². The Morgan fingerprint density at radius 1 is 0.920 bits per heavy atom. The molecular weight excluding hydrogens is 346 g/mol. The van der Waals surface area contributed by atoms with Crippen LogP contribution in [0, 0.1) is 0 Å². The van der Waals surface area contributed by atoms with Crippen LogP contribution in [0.4, 0.5) is 0 Å². The topological polar surface area (TPSA) is 107 Å². The van der Waals surface area contributed by atoms with Gasteiger partial charge in [0.05, 0.1) is 5.69 Å². The van der Waals surface area contributed by atoms with Gasteiger partial charge in [0, 0.05) is 27.1 Å². The van der Waals surface area contributed by atoms with Crippen molar-refractivity contribution >= 4 is 40.2 Å². The molecule has 0 amide bonds. The first-order chi connectivity index (χ1) is 11.9. The molecule has 0 saturated carbocycles. The molecule has 0 radical (unpaired) electrons. The Morgan fingerprint density at radius 3 is 2.12 bits per heavy atom. The van der Waals surface area contributed by atoms with Gasteiger partial charge < -0.3 is 15.2 Å². The van der Waals surface area contributed by atoms with Gasteiger partial charge in [-0.3, -0.25) is 14.4 Å². The molecule has 3 aromatic rings. The predicted molar refractivity (Wildman–Crippen MR) is 91.2 cm³/mol. The van der Waals surface area contributed by atoms with Gasteiger partial charge >= 0.3 is 11.9 Å². The lowest BCUT2D eigenvalue weighted by Crippen LogP contribution is -2.23. The van der Waals surface area contributed by atoms with E-state index in [1.54, 1.807) is 24.3 Å². The van der Waals surface area contributed by atoms with Gasteiger partial charge in [0.25, 0.3) is 0 Å². The summed E-state index contributed by atoms with van der Waals surface area (Å²) in [5.74, 6) is -5.44. The van der Waals surface area contributed by atoms with E-state index in [-0.39, 0.29) is 16.8 Å². The Bertz CT molecular complexity index is 976. The first kappa shape index (κ1) is 16.7. The molecule has 7 heteroatoms. The number of carboxylic acids is 2. The van der Waals surface area contributed by atoms with Crippen molar-refractivity contribution in [3.8, 4) is 0 Å². The summed E-state index contributed by atoms with van der Waals surface area (Å²) in [4.78, 5) is 38.7. The lowest BCUT2D eigenvalue weighted by molar-refractivity contribution is -0.149. The zero-order chi connectivity index (χ0) is 18.1. The molecule has 1 heterocycles. The number of fused-ring (bicyclic) bond motifs is 1. The van der Waals surface area contributed by atoms with Crippen LogP contribution in [0.15, 0.2) is 48.5 Å². The number of nitrogens with one attached hydrogen (secondary N) is 1. The van der Waals surface area contributed by atoms with Crippen molar-refractivity contribution in [2.45, 2.75) is 5.92 Å². The second-order valence-corrected chi connectivity index (χ2v) is 5.84. The lowest BCUT2D eigenvalue weighted by atomic mass is 9.93. The summed E-state index contributed by atoms with van der Waals surface area (Å²) in [6.45, 7) is 0. The summed E-state index contributed by atoms with van der Waals surface area (Å²) in [6.07, 6.45) is 0. The number of hydrogen-bond acceptors (Lipinski definition) is 3. The fourth-order valence-electron chi connectivity index (χ4n) is 2.74. The van der Waals surface area contributed by atoms with E-state index >= 15 is 0 Å². The maximum Gasteiger partial charge on any atom is 0.322 e. The van der Waals surface area contributed by atoms with Gasteiger partial charge in [0.2, 0.25) is 5.78 Å². The average Bonchev–Trinajstić information content (AvgIpc) is 2.94. The number of benzene rings is 2. The van der Waals surface area contributed by atoms with E-state index in [0.29, 0.717) is 15.9 Å². The number of rotatable bonds is 5. The quantitative estimate of drug-likeness (QED) is 0.479. The van der Waals surface area contributed by atoms with Gasteiger partial charge in [0.15, 0.2) is 5.92 Å². The number of carbonyl (C=O) groups is 3. The third-order valence-corrected chi connectivity index (χ3v) is 4.11. The second-order valence-electron chi connectivity index (χ2n) is 5.40. The van der Waals surface area contributed by atoms with Gasteiger partial charge in [-0.05, 0) is 30.3 Å². The van der Waals surface area contributed by atoms with Crippen molar-refractivity contribution in [3.63, 3.8) is 0 Å². The molecule has 0 unspecified atom stereocenters. The number of H-pyrrole nitrogens is 1. The number of para-hydroxylation sites is 1. The van der Waals surface area contributed by atoms with Gasteiger partial charge in [-0.1, -0.05) is 29.8 Å². The van der Waals surface area contributed by atoms with E-state index in [1.807, 2.05) is 0 Å². The van der Waals surface area contributed by atoms with Gasteiger partial charge in [-0.2, -0.15) is 0 Å². The monoisotopic (exact) mass is 357 g/mol. The SMILES string of the molecule is O=C(c1ccc(Cl)cc1)c1[nH]c2ccccc2c1C(C(=O)O)C(=O)O. The molecule has 2 aromatic carbocycles. The molecule has 25 heavy (non-hydrogen) atoms. The minimum atomic E-state index is -1.86. The number of ketones is 1. The maximum atomic E-state index is 12.8. The smallest absolute Gasteiger partial charge is 0.322 e. The number of halogens is 1. The van der Waals surface area contributed by atoms with Crippen molar-refractivity contribution < 1.29 is 24.6 Å². The summed E-state index contributed by atoms with van der Waals surface area (Å²) in [5, 5.41) is 19.6. The van der Waals surface area contributed by atoms with Gasteiger partial charge in [-0.15, -0.1) is 0 Å². The van der Waals surface area contributed by atoms with E-state index in [0.717, 1.165) is 0 Å². The molecule has 1 aromatic heterocycles. The molecule has 126 valence electrons. The van der Waals surface area contributed by atoms with Crippen molar-refractivity contribution in [3.05, 3.63) is 70.4 Å². The van der Waals surface area contributed by atoms with E-state index < -0.39 is 23.6 Å². The highest BCUT2D eigenvalue weighted by molar-refractivity contribution is 6.30. The highest BCUT2D eigenvalue weighted by Crippen LogP contribution is 2.31. The van der Waals surface area contributed by atoms with Crippen LogP contribution >= 0.6 is 11.6 Å². The van der Waals surface area contributed by atoms with Crippen molar-refractivity contribution in [2.24, 2.45) is 0 Å². The summed E-state index contributed by atoms with van der Waals surface area (Å²) in [6, 6.07) is 12.6. The fraction of sp³-hybridized carbons (Fsp3) is 0.0556. The Hall–Kier alpha value is -3.12. The lowest BCUT2D eigenvalue weighted by Gasteiger charge is -2.10. The molecule has 0 saturated heterocycles. The number of aliphatic carboxylic acids is 2. The first-order valence-electron chi connectivity index (χ1n) is 7.26. The zero-order valence-corrected chi connectivity index (χ0v) is 13.4. The largest absolute Gasteiger partial charge is 0.480 e. The van der Waals surface area contributed by atoms with Crippen LogP contribution in [0.3, 0.4) is 0 Å². The Kier molecular flexibility index (Phi) is 4.29. The molecule has 0 spiro atoms. The van der Waals surface area contributed by atoms with E-state index in [4.69, 9.17) is 11.6 Å². The van der Waals surface area contributed by atoms with Gasteiger partial charge in [0.1, 0.15) is 0 Å². The maximum absolute atomic E-state index is 12.8. The number of aromatic nitrogens is 1. The molecule has 3 rings (SSSR count). The van der Waals surface area contributed by atoms with Gasteiger partial charge in [-0.25, -0.2) is 0 Å². The van der Waals surface area contributed by atoms with E-state index in [9.17, 15) is 24.6 Å². The third kappa shape index (κ3) is 2.99. The zero-order valence-electron chi connectivity index (χ0n) is 12.7. The van der Waals surface area contributed by atoms with Crippen LogP contribution < -0.4 is 0 Å². The van der Waals surface area contributed by atoms with Crippen LogP contribution in [-0.2, 0) is 9.59 Å². The molecule has 6 nitrogen and oxygen atoms in total. The molecular formula is C18H12ClNO5. The van der Waals surface area contributed by atoms with Crippen LogP contribution in [0.5, 0.6) is 0 Å². The number of carbonyl (C=O) groups excluding carboxylic acids is 1. The highest BCUT2D eigenvalue weighted by atomic mass is 35.5. The number of carboxylic acid groups (broad SMARTS) is 2. The van der Waals surface area contributed by atoms with Crippen LogP contribution in [0.2, 0.25) is 5.02 Å². The van der Waals surface area contributed by atoms with Crippen molar-refractivity contribution in [1.29, 1.82) is 0 Å². The normalized spacial score (nSPS) is 11.0. The molecule has 3 N–H and O–H groups in total. The summed E-state index contributed by atoms with van der Waals surface area (Å²) >= 11 is 5.82. The molecule has 0 bridgehead atoms. The van der Waals surface area contributed by atoms with E-state index in [1.165, 1.54) is 24.3 Å². The number of aromatic amines is 1. The van der Waals surface area contributed by atoms with Crippen molar-refractivity contribution in [1.82, 2.24) is 4.98 Å². The highest BCUT2D eigenvalue weighted by Gasteiger charge is 2.35. The van der Waals surface area contributed by atoms with E-state index in [2.05, 4.69) is 4.98 Å². The molecule has 0 aliphatic carbocycles. The minimum absolute atomic E-state index is 0.0571. The fourth-order valence-corrected chi connectivity index (χ4v) is 2.87. The minimum Gasteiger partial charge on any atom is -0.480 e. The average molecular weight is 358 g/mol. The predicted octanol–water partition coefficient (Wildman–Crippen LogP) is 3.31. The molecule has 0 fully saturated rings. The first-order valence-corrected chi connectivity index (χ1v) is 7.64. The Morgan fingerprint density at radius 2 is 1.52 bits per heavy atom. The van der Waals surface area contributed by atoms with Crippen LogP contribution in [-0.4, -0.2) is 32.9 Å². The molecule has 0 aliphatic rings. The third-order valence-electron chi connectivity index (χ3n) is 3.86. The summed E-state index contributed by atoms with van der Waals surface area (Å²) in [7, 11) is 0. The summed E-state index contributed by atoms with van der Waals surface area (Å²) in [5.41, 5.74) is 0.642. The molecule has 0 atom stereocenters. The van der Waals surface area contributed by atoms with Crippen molar-refractivity contribution in [2.75, 3.05) is 0 Å². The molecule has 0 aliphatic heterocycles. The number of hydrogen-bond donors (Lipinski definition) is 3. The second kappa shape index (κ2) is 6.41. The Balaban J connectivity index is 2.25. The van der Waals surface area contributed by atoms with Crippen LogP contribution in [0.1, 0.15) is 27.5 Å². The summed E-state index contributed by atoms with van der Waals surface area (Å²) < 4.78 is 0. The standard InChI is InChI=1S/C18H12ClNO5/c19-10-7-5-9(6-8-10)16(21)15-13(14(17(22)23)18(24)25)11-3-1-2-4-12(11)20-15/h1-8,14,20H,(H,22,23)(H,24,25).